The molecule has 0 amide bonds. The van der Waals surface area contributed by atoms with Gasteiger partial charge >= 0.3 is 0 Å². The second-order valence-electron chi connectivity index (χ2n) is 2.86. The molecule has 0 saturated heterocycles. The lowest BCUT2D eigenvalue weighted by Crippen LogP contribution is -1.96. The van der Waals surface area contributed by atoms with Gasteiger partial charge in [-0.15, -0.1) is 0 Å². The Morgan fingerprint density at radius 1 is 1.45 bits per heavy atom. The van der Waals surface area contributed by atoms with Gasteiger partial charge in [0, 0.05) is 22.5 Å². The molecule has 0 aromatic heterocycles. The van der Waals surface area contributed by atoms with Crippen LogP contribution in [-0.2, 0) is 4.74 Å². The van der Waals surface area contributed by atoms with E-state index in [9.17, 15) is 0 Å². The van der Waals surface area contributed by atoms with Crippen LogP contribution in [0, 0.1) is 16.7 Å². The SMILES string of the molecule is CC(C)CCCOCC#CBr. The first-order valence-electron chi connectivity index (χ1n) is 3.93. The third-order valence-electron chi connectivity index (χ3n) is 1.31. The Hall–Kier alpha value is 0. The molecule has 1 nitrogen and oxygen atoms in total. The van der Waals surface area contributed by atoms with Crippen molar-refractivity contribution in [3.8, 4) is 10.8 Å². The first-order chi connectivity index (χ1) is 5.27. The summed E-state index contributed by atoms with van der Waals surface area (Å²) in [5, 5.41) is 0. The molecule has 0 aromatic carbocycles. The minimum absolute atomic E-state index is 0.545. The number of ether oxygens (including phenoxy) is 1. The van der Waals surface area contributed by atoms with Crippen molar-refractivity contribution < 1.29 is 4.74 Å². The summed E-state index contributed by atoms with van der Waals surface area (Å²) in [5.41, 5.74) is 0. The van der Waals surface area contributed by atoms with Gasteiger partial charge in [0.05, 0.1) is 0 Å². The van der Waals surface area contributed by atoms with E-state index in [4.69, 9.17) is 4.74 Å². The Balaban J connectivity index is 2.95. The van der Waals surface area contributed by atoms with Gasteiger partial charge in [-0.2, -0.15) is 0 Å². The van der Waals surface area contributed by atoms with Crippen molar-refractivity contribution in [3.63, 3.8) is 0 Å². The van der Waals surface area contributed by atoms with Crippen LogP contribution in [0.4, 0.5) is 0 Å². The molecule has 11 heavy (non-hydrogen) atoms. The molecule has 0 aromatic rings. The lowest BCUT2D eigenvalue weighted by atomic mass is 10.1. The summed E-state index contributed by atoms with van der Waals surface area (Å²) in [5.74, 6) is 3.56. The Kier molecular flexibility index (Phi) is 8.10. The molecule has 0 unspecified atom stereocenters. The van der Waals surface area contributed by atoms with Crippen LogP contribution in [0.15, 0.2) is 0 Å². The van der Waals surface area contributed by atoms with Gasteiger partial charge in [0.25, 0.3) is 0 Å². The second-order valence-corrected chi connectivity index (χ2v) is 3.26. The van der Waals surface area contributed by atoms with Gasteiger partial charge in [-0.05, 0) is 23.6 Å². The number of halogens is 1. The maximum atomic E-state index is 5.22. The Morgan fingerprint density at radius 3 is 2.73 bits per heavy atom. The molecule has 2 heteroatoms. The minimum Gasteiger partial charge on any atom is -0.369 e. The predicted molar refractivity (Wildman–Crippen MR) is 51.6 cm³/mol. The van der Waals surface area contributed by atoms with Crippen molar-refractivity contribution in [3.05, 3.63) is 0 Å². The third-order valence-corrected chi connectivity index (χ3v) is 1.59. The zero-order valence-corrected chi connectivity index (χ0v) is 8.78. The van der Waals surface area contributed by atoms with E-state index in [1.54, 1.807) is 0 Å². The molecule has 0 radical (unpaired) electrons. The molecule has 0 rings (SSSR count). The summed E-state index contributed by atoms with van der Waals surface area (Å²) in [7, 11) is 0. The van der Waals surface area contributed by atoms with E-state index in [2.05, 4.69) is 40.5 Å². The van der Waals surface area contributed by atoms with Crippen LogP contribution in [0.2, 0.25) is 0 Å². The Morgan fingerprint density at radius 2 is 2.18 bits per heavy atom. The van der Waals surface area contributed by atoms with Crippen LogP contribution in [0.3, 0.4) is 0 Å². The van der Waals surface area contributed by atoms with Crippen molar-refractivity contribution in [1.29, 1.82) is 0 Å². The van der Waals surface area contributed by atoms with Crippen LogP contribution in [0.1, 0.15) is 26.7 Å². The van der Waals surface area contributed by atoms with Crippen LogP contribution < -0.4 is 0 Å². The highest BCUT2D eigenvalue weighted by Crippen LogP contribution is 2.02. The van der Waals surface area contributed by atoms with Gasteiger partial charge in [0.1, 0.15) is 6.61 Å². The van der Waals surface area contributed by atoms with E-state index in [-0.39, 0.29) is 0 Å². The van der Waals surface area contributed by atoms with E-state index >= 15 is 0 Å². The highest BCUT2D eigenvalue weighted by Gasteiger charge is 1.92. The Labute approximate surface area is 77.6 Å². The lowest BCUT2D eigenvalue weighted by molar-refractivity contribution is 0.159. The van der Waals surface area contributed by atoms with E-state index in [0.717, 1.165) is 18.9 Å². The summed E-state index contributed by atoms with van der Waals surface area (Å²) in [6, 6.07) is 0. The smallest absolute Gasteiger partial charge is 0.108 e. The molecular formula is C9H15BrO. The fourth-order valence-corrected chi connectivity index (χ4v) is 0.859. The van der Waals surface area contributed by atoms with Crippen molar-refractivity contribution in [1.82, 2.24) is 0 Å². The standard InChI is InChI=1S/C9H15BrO/c1-9(2)5-3-7-11-8-4-6-10/h9H,3,5,7-8H2,1-2H3. The first kappa shape index (κ1) is 11.0. The predicted octanol–water partition coefficient (Wildman–Crippen LogP) is 2.80. The summed E-state index contributed by atoms with van der Waals surface area (Å²) in [4.78, 5) is 2.60. The fourth-order valence-electron chi connectivity index (χ4n) is 0.744. The van der Waals surface area contributed by atoms with Crippen molar-refractivity contribution in [2.45, 2.75) is 26.7 Å². The topological polar surface area (TPSA) is 9.23 Å². The molecule has 0 N–H and O–H groups in total. The molecule has 0 bridgehead atoms. The summed E-state index contributed by atoms with van der Waals surface area (Å²) >= 11 is 3.00. The zero-order chi connectivity index (χ0) is 8.53. The number of hydrogen-bond donors (Lipinski definition) is 0. The Bertz CT molecular complexity index is 132. The van der Waals surface area contributed by atoms with Gasteiger partial charge in [-0.3, -0.25) is 0 Å². The van der Waals surface area contributed by atoms with Gasteiger partial charge in [0.2, 0.25) is 0 Å². The molecule has 0 atom stereocenters. The fraction of sp³-hybridized carbons (Fsp3) is 0.778. The quantitative estimate of drug-likeness (QED) is 0.510. The van der Waals surface area contributed by atoms with Crippen molar-refractivity contribution >= 4 is 15.9 Å². The molecule has 64 valence electrons. The summed E-state index contributed by atoms with van der Waals surface area (Å²) in [6.45, 7) is 5.82. The maximum Gasteiger partial charge on any atom is 0.108 e. The second kappa shape index (κ2) is 8.10. The average molecular weight is 219 g/mol. The lowest BCUT2D eigenvalue weighted by Gasteiger charge is -2.02. The molecule has 0 fully saturated rings. The van der Waals surface area contributed by atoms with E-state index in [1.165, 1.54) is 6.42 Å². The molecule has 0 aliphatic rings. The number of hydrogen-bond acceptors (Lipinski definition) is 1. The largest absolute Gasteiger partial charge is 0.369 e. The molecule has 0 saturated carbocycles. The average Bonchev–Trinajstić information content (AvgIpc) is 1.96. The highest BCUT2D eigenvalue weighted by atomic mass is 79.9. The summed E-state index contributed by atoms with van der Waals surface area (Å²) in [6.07, 6.45) is 2.38. The van der Waals surface area contributed by atoms with Crippen LogP contribution >= 0.6 is 15.9 Å². The molecular weight excluding hydrogens is 204 g/mol. The van der Waals surface area contributed by atoms with E-state index in [0.29, 0.717) is 6.61 Å². The van der Waals surface area contributed by atoms with Gasteiger partial charge in [-0.1, -0.05) is 19.8 Å². The molecule has 0 aliphatic carbocycles. The first-order valence-corrected chi connectivity index (χ1v) is 4.73. The summed E-state index contributed by atoms with van der Waals surface area (Å²) < 4.78 is 5.22. The minimum atomic E-state index is 0.545. The highest BCUT2D eigenvalue weighted by molar-refractivity contribution is 9.12. The van der Waals surface area contributed by atoms with Gasteiger partial charge in [0.15, 0.2) is 0 Å². The van der Waals surface area contributed by atoms with E-state index < -0.39 is 0 Å². The monoisotopic (exact) mass is 218 g/mol. The van der Waals surface area contributed by atoms with Crippen molar-refractivity contribution in [2.75, 3.05) is 13.2 Å². The van der Waals surface area contributed by atoms with Crippen LogP contribution in [0.5, 0.6) is 0 Å². The molecule has 0 aliphatic heterocycles. The van der Waals surface area contributed by atoms with Gasteiger partial charge in [-0.25, -0.2) is 0 Å². The van der Waals surface area contributed by atoms with Crippen LogP contribution in [-0.4, -0.2) is 13.2 Å². The van der Waals surface area contributed by atoms with Crippen LogP contribution in [0.25, 0.3) is 0 Å². The molecule has 0 heterocycles. The normalized spacial score (nSPS) is 9.45. The third kappa shape index (κ3) is 10.0. The zero-order valence-electron chi connectivity index (χ0n) is 7.19. The number of rotatable bonds is 5. The maximum absolute atomic E-state index is 5.22. The van der Waals surface area contributed by atoms with E-state index in [1.807, 2.05) is 0 Å². The van der Waals surface area contributed by atoms with Crippen molar-refractivity contribution in [2.24, 2.45) is 5.92 Å². The molecule has 0 spiro atoms. The van der Waals surface area contributed by atoms with Gasteiger partial charge < -0.3 is 4.74 Å².